The molecule has 0 aromatic carbocycles. The lowest BCUT2D eigenvalue weighted by molar-refractivity contribution is 0.145. The van der Waals surface area contributed by atoms with Crippen LogP contribution in [0.25, 0.3) is 0 Å². The van der Waals surface area contributed by atoms with Gasteiger partial charge >= 0.3 is 7.11 Å². The second-order valence-electron chi connectivity index (χ2n) is 2.92. The van der Waals surface area contributed by atoms with Crippen molar-refractivity contribution >= 4 is 7.11 Å². The third-order valence-corrected chi connectivity index (χ3v) is 1.52. The molecule has 0 saturated carbocycles. The smallest absolute Gasteiger partial charge is 0.641 e. The zero-order valence-corrected chi connectivity index (χ0v) is 6.51. The number of rotatable bonds is 1. The summed E-state index contributed by atoms with van der Waals surface area (Å²) >= 11 is 0. The van der Waals surface area contributed by atoms with Crippen LogP contribution in [0, 0.1) is 5.92 Å². The molecule has 1 heterocycles. The Bertz CT molecular complexity index is 181. The van der Waals surface area contributed by atoms with E-state index in [4.69, 9.17) is 0 Å². The van der Waals surface area contributed by atoms with Gasteiger partial charge in [-0.1, -0.05) is 20.4 Å². The summed E-state index contributed by atoms with van der Waals surface area (Å²) in [7, 11) is -4.09. The molecule has 1 saturated heterocycles. The molecule has 0 spiro atoms. The molecule has 0 aromatic heterocycles. The lowest BCUT2D eigenvalue weighted by Crippen LogP contribution is -2.26. The highest BCUT2D eigenvalue weighted by atomic mass is 19.3. The lowest BCUT2D eigenvalue weighted by atomic mass is 10.1. The van der Waals surface area contributed by atoms with Crippen LogP contribution in [0.3, 0.4) is 0 Å². The zero-order valence-electron chi connectivity index (χ0n) is 6.51. The SMILES string of the molecule is C=C1O[B-](F)(F)OC1C(C)C. The Morgan fingerprint density at radius 1 is 1.55 bits per heavy atom. The molecule has 1 aliphatic rings. The number of hydrogen-bond donors (Lipinski definition) is 0. The molecule has 0 aromatic rings. The maximum Gasteiger partial charge on any atom is 0.663 e. The van der Waals surface area contributed by atoms with Gasteiger partial charge in [0.25, 0.3) is 0 Å². The fourth-order valence-corrected chi connectivity index (χ4v) is 1.05. The third-order valence-electron chi connectivity index (χ3n) is 1.52. The molecule has 0 N–H and O–H groups in total. The second-order valence-corrected chi connectivity index (χ2v) is 2.92. The van der Waals surface area contributed by atoms with Crippen LogP contribution in [0.1, 0.15) is 13.8 Å². The highest BCUT2D eigenvalue weighted by molar-refractivity contribution is 6.53. The van der Waals surface area contributed by atoms with Crippen molar-refractivity contribution in [1.82, 2.24) is 0 Å². The maximum absolute atomic E-state index is 12.4. The molecule has 2 nitrogen and oxygen atoms in total. The summed E-state index contributed by atoms with van der Waals surface area (Å²) in [6.07, 6.45) is -0.662. The van der Waals surface area contributed by atoms with Gasteiger partial charge in [0.15, 0.2) is 0 Å². The summed E-state index contributed by atoms with van der Waals surface area (Å²) in [6.45, 7) is 6.89. The molecule has 1 unspecified atom stereocenters. The van der Waals surface area contributed by atoms with Crippen molar-refractivity contribution in [2.75, 3.05) is 0 Å². The van der Waals surface area contributed by atoms with Gasteiger partial charge in [-0.2, -0.15) is 0 Å². The first-order valence-electron chi connectivity index (χ1n) is 3.48. The van der Waals surface area contributed by atoms with E-state index in [1.807, 2.05) is 0 Å². The van der Waals surface area contributed by atoms with Crippen LogP contribution < -0.4 is 0 Å². The Morgan fingerprint density at radius 3 is 2.27 bits per heavy atom. The van der Waals surface area contributed by atoms with Crippen LogP contribution in [-0.4, -0.2) is 13.2 Å². The highest BCUT2D eigenvalue weighted by Crippen LogP contribution is 2.32. The van der Waals surface area contributed by atoms with E-state index in [0.717, 1.165) is 0 Å². The zero-order chi connectivity index (χ0) is 8.65. The predicted octanol–water partition coefficient (Wildman–Crippen LogP) is 1.95. The average Bonchev–Trinajstić information content (AvgIpc) is 2.05. The summed E-state index contributed by atoms with van der Waals surface area (Å²) in [5.41, 5.74) is 0. The summed E-state index contributed by atoms with van der Waals surface area (Å²) in [5, 5.41) is 0. The Balaban J connectivity index is 2.67. The first-order valence-corrected chi connectivity index (χ1v) is 3.48. The van der Waals surface area contributed by atoms with E-state index >= 15 is 0 Å². The maximum atomic E-state index is 12.4. The summed E-state index contributed by atoms with van der Waals surface area (Å²) in [4.78, 5) is 0. The van der Waals surface area contributed by atoms with Crippen molar-refractivity contribution in [2.24, 2.45) is 5.92 Å². The molecule has 1 atom stereocenters. The van der Waals surface area contributed by atoms with E-state index < -0.39 is 13.2 Å². The Morgan fingerprint density at radius 2 is 2.09 bits per heavy atom. The topological polar surface area (TPSA) is 18.5 Å². The average molecular weight is 163 g/mol. The van der Waals surface area contributed by atoms with Crippen LogP contribution in [0.4, 0.5) is 8.63 Å². The minimum atomic E-state index is -4.09. The van der Waals surface area contributed by atoms with Gasteiger partial charge in [0.2, 0.25) is 0 Å². The highest BCUT2D eigenvalue weighted by Gasteiger charge is 2.43. The van der Waals surface area contributed by atoms with Crippen LogP contribution >= 0.6 is 0 Å². The third kappa shape index (κ3) is 1.71. The molecule has 1 aliphatic heterocycles. The molecular formula is C6H10BF2O2-. The molecule has 0 bridgehead atoms. The predicted molar refractivity (Wildman–Crippen MR) is 37.9 cm³/mol. The van der Waals surface area contributed by atoms with Gasteiger partial charge in [0, 0.05) is 0 Å². The van der Waals surface area contributed by atoms with Crippen molar-refractivity contribution in [3.63, 3.8) is 0 Å². The van der Waals surface area contributed by atoms with Gasteiger partial charge in [0.05, 0.1) is 11.9 Å². The van der Waals surface area contributed by atoms with Crippen LogP contribution in [0.15, 0.2) is 12.3 Å². The molecule has 1 fully saturated rings. The van der Waals surface area contributed by atoms with Crippen LogP contribution in [-0.2, 0) is 9.31 Å². The van der Waals surface area contributed by atoms with Gasteiger partial charge in [-0.25, -0.2) is 0 Å². The second kappa shape index (κ2) is 2.48. The van der Waals surface area contributed by atoms with Gasteiger partial charge in [0.1, 0.15) is 0 Å². The minimum Gasteiger partial charge on any atom is -0.641 e. The molecule has 0 aliphatic carbocycles. The molecular weight excluding hydrogens is 153 g/mol. The van der Waals surface area contributed by atoms with Crippen LogP contribution in [0.5, 0.6) is 0 Å². The van der Waals surface area contributed by atoms with E-state index in [0.29, 0.717) is 0 Å². The Kier molecular flexibility index (Phi) is 1.92. The summed E-state index contributed by atoms with van der Waals surface area (Å²) in [6, 6.07) is 0. The standard InChI is InChI=1S/C6H10BF2O2/c1-4(2)6-5(3)10-7(8,9)11-6/h4,6H,3H2,1-2H3/q-1. The van der Waals surface area contributed by atoms with Crippen molar-refractivity contribution in [3.05, 3.63) is 12.3 Å². The van der Waals surface area contributed by atoms with Crippen LogP contribution in [0.2, 0.25) is 0 Å². The number of halogens is 2. The van der Waals surface area contributed by atoms with E-state index in [9.17, 15) is 8.63 Å². The quantitative estimate of drug-likeness (QED) is 0.550. The van der Waals surface area contributed by atoms with E-state index in [-0.39, 0.29) is 11.7 Å². The Labute approximate surface area is 64.3 Å². The number of hydrogen-bond acceptors (Lipinski definition) is 2. The van der Waals surface area contributed by atoms with Gasteiger partial charge < -0.3 is 17.9 Å². The van der Waals surface area contributed by atoms with Crippen molar-refractivity contribution in [1.29, 1.82) is 0 Å². The van der Waals surface area contributed by atoms with Crippen molar-refractivity contribution in [3.8, 4) is 0 Å². The fraction of sp³-hybridized carbons (Fsp3) is 0.667. The van der Waals surface area contributed by atoms with E-state index in [2.05, 4.69) is 15.9 Å². The van der Waals surface area contributed by atoms with Crippen molar-refractivity contribution in [2.45, 2.75) is 20.0 Å². The first kappa shape index (κ1) is 8.52. The fourth-order valence-electron chi connectivity index (χ4n) is 1.05. The monoisotopic (exact) mass is 163 g/mol. The lowest BCUT2D eigenvalue weighted by Gasteiger charge is -2.17. The largest absolute Gasteiger partial charge is 0.663 e. The van der Waals surface area contributed by atoms with Gasteiger partial charge in [-0.15, -0.1) is 0 Å². The van der Waals surface area contributed by atoms with Crippen molar-refractivity contribution < 1.29 is 17.9 Å². The minimum absolute atomic E-state index is 0.0299. The summed E-state index contributed by atoms with van der Waals surface area (Å²) < 4.78 is 33.2. The molecule has 0 amide bonds. The molecule has 0 radical (unpaired) electrons. The normalized spacial score (nSPS) is 29.2. The molecule has 11 heavy (non-hydrogen) atoms. The Hall–Kier alpha value is -0.575. The van der Waals surface area contributed by atoms with Gasteiger partial charge in [-0.05, 0) is 5.92 Å². The molecule has 64 valence electrons. The molecule has 5 heteroatoms. The van der Waals surface area contributed by atoms with E-state index in [1.165, 1.54) is 0 Å². The van der Waals surface area contributed by atoms with E-state index in [1.54, 1.807) is 13.8 Å². The summed E-state index contributed by atoms with van der Waals surface area (Å²) in [5.74, 6) is 0.00255. The van der Waals surface area contributed by atoms with Gasteiger partial charge in [-0.3, -0.25) is 0 Å². The molecule has 1 rings (SSSR count). The first-order chi connectivity index (χ1) is 4.92.